The highest BCUT2D eigenvalue weighted by Gasteiger charge is 2.51. The van der Waals surface area contributed by atoms with Crippen LogP contribution in [0.3, 0.4) is 0 Å². The van der Waals surface area contributed by atoms with E-state index in [1.807, 2.05) is 111 Å². The molecule has 9 saturated carbocycles. The summed E-state index contributed by atoms with van der Waals surface area (Å²) < 4.78 is 52.3. The molecule has 0 aliphatic heterocycles. The molecule has 9 aliphatic rings. The van der Waals surface area contributed by atoms with Crippen molar-refractivity contribution >= 4 is 29.8 Å². The van der Waals surface area contributed by atoms with Crippen LogP contribution in [-0.4, -0.2) is 96.3 Å². The Labute approximate surface area is 485 Å². The fourth-order valence-electron chi connectivity index (χ4n) is 12.5. The number of rotatable bonds is 25. The normalized spacial score (nSPS) is 26.6. The summed E-state index contributed by atoms with van der Waals surface area (Å²) in [4.78, 5) is 57.9. The predicted molar refractivity (Wildman–Crippen MR) is 310 cm³/mol. The van der Waals surface area contributed by atoms with Crippen molar-refractivity contribution in [1.82, 2.24) is 0 Å². The quantitative estimate of drug-likeness (QED) is 0.0365. The topological polar surface area (TPSA) is 178 Å². The predicted octanol–water partition coefficient (Wildman–Crippen LogP) is 14.7. The van der Waals surface area contributed by atoms with Crippen LogP contribution in [-0.2, 0) is 71.3 Å². The Hall–Kier alpha value is -2.85. The molecule has 466 valence electrons. The van der Waals surface area contributed by atoms with E-state index in [9.17, 15) is 24.0 Å². The van der Waals surface area contributed by atoms with E-state index in [2.05, 4.69) is 4.74 Å². The molecule has 15 heteroatoms. The number of carbonyl (C=O) groups is 5. The Bertz CT molecular complexity index is 1780. The van der Waals surface area contributed by atoms with Crippen LogP contribution in [0.4, 0.5) is 0 Å². The maximum absolute atomic E-state index is 11.9. The van der Waals surface area contributed by atoms with Gasteiger partial charge in [-0.05, 0) is 239 Å². The van der Waals surface area contributed by atoms with Gasteiger partial charge in [-0.1, -0.05) is 53.9 Å². The fraction of sp³-hybridized carbons (Fsp3) is 0.923. The second-order valence-corrected chi connectivity index (χ2v) is 28.0. The Balaban J connectivity index is 0.000000269. The molecule has 9 aliphatic carbocycles. The van der Waals surface area contributed by atoms with Gasteiger partial charge in [-0.25, -0.2) is 0 Å². The molecule has 0 aromatic carbocycles. The van der Waals surface area contributed by atoms with Crippen LogP contribution in [0.1, 0.15) is 246 Å². The van der Waals surface area contributed by atoms with Gasteiger partial charge in [-0.2, -0.15) is 0 Å². The summed E-state index contributed by atoms with van der Waals surface area (Å²) in [6, 6.07) is 0. The molecule has 0 unspecified atom stereocenters. The van der Waals surface area contributed by atoms with Gasteiger partial charge in [0, 0.05) is 13.7 Å². The van der Waals surface area contributed by atoms with Crippen LogP contribution in [0.15, 0.2) is 0 Å². The molecule has 0 spiro atoms. The monoisotopic (exact) mass is 1140 g/mol. The van der Waals surface area contributed by atoms with Gasteiger partial charge in [-0.15, -0.1) is 0 Å². The van der Waals surface area contributed by atoms with Gasteiger partial charge >= 0.3 is 29.8 Å². The van der Waals surface area contributed by atoms with E-state index >= 15 is 0 Å². The molecular weight excluding hydrogens is 1020 g/mol. The maximum Gasteiger partial charge on any atom is 0.313 e. The van der Waals surface area contributed by atoms with Crippen molar-refractivity contribution < 1.29 is 71.3 Å². The number of hydrogen-bond acceptors (Lipinski definition) is 15. The zero-order chi connectivity index (χ0) is 60.0. The van der Waals surface area contributed by atoms with E-state index < -0.39 is 27.1 Å². The lowest BCUT2D eigenvalue weighted by atomic mass is 9.50. The van der Waals surface area contributed by atoms with E-state index in [1.165, 1.54) is 97.0 Å². The highest BCUT2D eigenvalue weighted by molar-refractivity contribution is 5.77. The maximum atomic E-state index is 11.9. The lowest BCUT2D eigenvalue weighted by Gasteiger charge is -2.56. The molecule has 9 rings (SSSR count). The fourth-order valence-corrected chi connectivity index (χ4v) is 12.5. The van der Waals surface area contributed by atoms with E-state index in [4.69, 9.17) is 42.6 Å². The Morgan fingerprint density at radius 2 is 0.725 bits per heavy atom. The van der Waals surface area contributed by atoms with Crippen LogP contribution in [0.25, 0.3) is 0 Å². The first-order chi connectivity index (χ1) is 37.6. The Morgan fingerprint density at radius 3 is 1.07 bits per heavy atom. The molecule has 0 heterocycles. The standard InChI is InChI=1S/C18H30O3.C17H28O3.C13H24O3.C9H18O3.C8H16O3/c1-4-17(2,3)16(19)21-12-20-11-18-8-13-5-14(9-18)7-15(6-13)10-18;1-4-17(2,3)16(18)20-10-19-15-13-6-11-5-12(8-13)9-14(15)7-11;1-4-13(2,3)12(14)16-10-15-11-8-6-5-7-9-11;1-5-9(3,4)8(10)12-7-11-6-2;1-5-8(2,3)7(9)11-6-10-4/h13-15H,4-12H2,1-3H3;11-15H,4-10H2,1-3H3;11H,4-10H2,1-3H3;5-7H2,1-4H3;5-6H2,1-4H3. The third kappa shape index (κ3) is 23.0. The number of methoxy groups -OCH3 is 1. The minimum Gasteiger partial charge on any atom is -0.438 e. The number of hydrogen-bond donors (Lipinski definition) is 0. The van der Waals surface area contributed by atoms with Crippen LogP contribution >= 0.6 is 0 Å². The first-order valence-electron chi connectivity index (χ1n) is 31.3. The summed E-state index contributed by atoms with van der Waals surface area (Å²) in [5, 5.41) is 0. The van der Waals surface area contributed by atoms with Gasteiger partial charge in [0.1, 0.15) is 0 Å². The van der Waals surface area contributed by atoms with E-state index in [0.29, 0.717) is 24.2 Å². The number of carbonyl (C=O) groups excluding carboxylic acids is 5. The summed E-state index contributed by atoms with van der Waals surface area (Å²) in [6.07, 6.45) is 25.8. The van der Waals surface area contributed by atoms with Crippen LogP contribution in [0, 0.1) is 73.9 Å². The first kappa shape index (κ1) is 71.4. The van der Waals surface area contributed by atoms with E-state index in [1.54, 1.807) is 0 Å². The summed E-state index contributed by atoms with van der Waals surface area (Å²) in [7, 11) is 1.49. The first-order valence-corrected chi connectivity index (χ1v) is 31.3. The van der Waals surface area contributed by atoms with Gasteiger partial charge in [0.25, 0.3) is 0 Å². The van der Waals surface area contributed by atoms with Gasteiger partial charge < -0.3 is 47.4 Å². The van der Waals surface area contributed by atoms with Crippen molar-refractivity contribution in [2.75, 3.05) is 54.3 Å². The number of esters is 5. The van der Waals surface area contributed by atoms with Crippen molar-refractivity contribution in [3.8, 4) is 0 Å². The molecule has 8 bridgehead atoms. The van der Waals surface area contributed by atoms with Crippen LogP contribution < -0.4 is 0 Å². The molecule has 0 aromatic rings. The molecule has 0 amide bonds. The van der Waals surface area contributed by atoms with Crippen molar-refractivity contribution in [3.63, 3.8) is 0 Å². The second kappa shape index (κ2) is 33.6. The minimum absolute atomic E-state index is 0.0439. The van der Waals surface area contributed by atoms with Crippen molar-refractivity contribution in [3.05, 3.63) is 0 Å². The molecule has 9 fully saturated rings. The van der Waals surface area contributed by atoms with Gasteiger partial charge in [0.05, 0.1) is 45.9 Å². The highest BCUT2D eigenvalue weighted by Crippen LogP contribution is 2.60. The average Bonchev–Trinajstić information content (AvgIpc) is 3.42. The van der Waals surface area contributed by atoms with Gasteiger partial charge in [-0.3, -0.25) is 24.0 Å². The smallest absolute Gasteiger partial charge is 0.313 e. The molecule has 0 aromatic heterocycles. The highest BCUT2D eigenvalue weighted by atomic mass is 16.7. The van der Waals surface area contributed by atoms with Crippen molar-refractivity contribution in [1.29, 1.82) is 0 Å². The van der Waals surface area contributed by atoms with Crippen molar-refractivity contribution in [2.45, 2.75) is 258 Å². The SMILES string of the molecule is CCC(C)(C)C(=O)OCOC.CCC(C)(C)C(=O)OCOC1C2CC3CC(C2)CC1C3.CCC(C)(C)C(=O)OCOC1CCCCC1.CCC(C)(C)C(=O)OCOCC12CC3CC(CC(C3)C1)C2.CCOCOC(=O)C(C)(C)CC. The molecule has 0 N–H and O–H groups in total. The lowest BCUT2D eigenvalue weighted by Crippen LogP contribution is -2.49. The molecule has 0 saturated heterocycles. The zero-order valence-electron chi connectivity index (χ0n) is 53.6. The van der Waals surface area contributed by atoms with Crippen LogP contribution in [0.2, 0.25) is 0 Å². The second-order valence-electron chi connectivity index (χ2n) is 28.0. The summed E-state index contributed by atoms with van der Waals surface area (Å²) in [5.41, 5.74) is -1.57. The number of ether oxygens (including phenoxy) is 10. The molecular formula is C65H116O15. The zero-order valence-corrected chi connectivity index (χ0v) is 53.6. The van der Waals surface area contributed by atoms with Crippen molar-refractivity contribution in [2.24, 2.45) is 73.9 Å². The summed E-state index contributed by atoms with van der Waals surface area (Å²) in [5.74, 6) is 5.36. The molecule has 0 atom stereocenters. The van der Waals surface area contributed by atoms with Crippen LogP contribution in [0.5, 0.6) is 0 Å². The van der Waals surface area contributed by atoms with Gasteiger partial charge in [0.2, 0.25) is 0 Å². The summed E-state index contributed by atoms with van der Waals surface area (Å²) >= 11 is 0. The molecule has 15 nitrogen and oxygen atoms in total. The third-order valence-corrected chi connectivity index (χ3v) is 19.5. The van der Waals surface area contributed by atoms with E-state index in [-0.39, 0.29) is 63.8 Å². The third-order valence-electron chi connectivity index (χ3n) is 19.5. The lowest BCUT2D eigenvalue weighted by molar-refractivity contribution is -0.193. The van der Waals surface area contributed by atoms with Gasteiger partial charge in [0.15, 0.2) is 34.0 Å². The van der Waals surface area contributed by atoms with E-state index in [0.717, 1.165) is 93.0 Å². The Morgan fingerprint density at radius 1 is 0.400 bits per heavy atom. The largest absolute Gasteiger partial charge is 0.438 e. The molecule has 80 heavy (non-hydrogen) atoms. The Kier molecular flexibility index (Phi) is 30.0. The minimum atomic E-state index is -0.399. The molecule has 0 radical (unpaired) electrons. The average molecular weight is 1140 g/mol. The summed E-state index contributed by atoms with van der Waals surface area (Å²) in [6.45, 7) is 32.6.